The molecule has 0 unspecified atom stereocenters. The molecule has 0 rings (SSSR count). The summed E-state index contributed by atoms with van der Waals surface area (Å²) in [6.45, 7) is 5.62. The van der Waals surface area contributed by atoms with Crippen LogP contribution in [0.25, 0.3) is 0 Å². The average Bonchev–Trinajstić information content (AvgIpc) is 1.35. The van der Waals surface area contributed by atoms with E-state index in [2.05, 4.69) is 0 Å². The molecule has 0 aliphatic rings. The van der Waals surface area contributed by atoms with Crippen LogP contribution >= 0.6 is 0 Å². The van der Waals surface area contributed by atoms with Crippen LogP contribution in [-0.4, -0.2) is 6.29 Å². The minimum absolute atomic E-state index is 0. The van der Waals surface area contributed by atoms with Crippen LogP contribution in [0.3, 0.4) is 0 Å². The summed E-state index contributed by atoms with van der Waals surface area (Å²) < 4.78 is 0. The summed E-state index contributed by atoms with van der Waals surface area (Å²) in [5, 5.41) is 0. The number of carbonyl (C=O) groups excluding carboxylic acids is 1. The molecule has 0 aliphatic carbocycles. The summed E-state index contributed by atoms with van der Waals surface area (Å²) in [5.74, 6) is 0. The third-order valence-corrected chi connectivity index (χ3v) is 0.354. The Labute approximate surface area is 58.1 Å². The minimum Gasteiger partial charge on any atom is -1.00 e. The van der Waals surface area contributed by atoms with Crippen LogP contribution in [0.15, 0.2) is 0 Å². The zero-order valence-corrected chi connectivity index (χ0v) is 5.49. The van der Waals surface area contributed by atoms with Gasteiger partial charge in [0.25, 0.3) is 0 Å². The zero-order valence-electron chi connectivity index (χ0n) is 6.49. The second kappa shape index (κ2) is 3.29. The van der Waals surface area contributed by atoms with E-state index in [9.17, 15) is 4.79 Å². The van der Waals surface area contributed by atoms with Crippen molar-refractivity contribution in [1.29, 1.82) is 0 Å². The van der Waals surface area contributed by atoms with Crippen molar-refractivity contribution < 1.29 is 25.1 Å². The summed E-state index contributed by atoms with van der Waals surface area (Å²) in [6, 6.07) is 0. The van der Waals surface area contributed by atoms with E-state index in [4.69, 9.17) is 0 Å². The second-order valence-corrected chi connectivity index (χ2v) is 2.48. The Hall–Kier alpha value is 0.267. The zero-order chi connectivity index (χ0) is 5.21. The van der Waals surface area contributed by atoms with Gasteiger partial charge >= 0.3 is 18.9 Å². The molecule has 0 aromatic rings. The Morgan fingerprint density at radius 1 is 1.43 bits per heavy atom. The molecule has 0 amide bonds. The summed E-state index contributed by atoms with van der Waals surface area (Å²) in [7, 11) is 0. The molecule has 2 heteroatoms. The van der Waals surface area contributed by atoms with Gasteiger partial charge in [-0.1, -0.05) is 20.8 Å². The van der Waals surface area contributed by atoms with Crippen molar-refractivity contribution in [2.75, 3.05) is 0 Å². The average molecular weight is 94.1 g/mol. The predicted octanol–water partition coefficient (Wildman–Crippen LogP) is -1.65. The molecule has 0 heterocycles. The van der Waals surface area contributed by atoms with Crippen LogP contribution in [0.2, 0.25) is 0 Å². The van der Waals surface area contributed by atoms with Crippen LogP contribution in [0.4, 0.5) is 0 Å². The van der Waals surface area contributed by atoms with Crippen LogP contribution in [0.5, 0.6) is 0 Å². The van der Waals surface area contributed by atoms with E-state index in [1.165, 1.54) is 0 Å². The largest absolute Gasteiger partial charge is 1.00 e. The molecule has 0 radical (unpaired) electrons. The molecule has 1 nitrogen and oxygen atoms in total. The summed E-state index contributed by atoms with van der Waals surface area (Å²) in [6.07, 6.45) is 0.938. The third kappa shape index (κ3) is 10.7. The number of carbonyl (C=O) groups is 1. The van der Waals surface area contributed by atoms with Crippen LogP contribution < -0.4 is 18.9 Å². The van der Waals surface area contributed by atoms with Gasteiger partial charge in [0.1, 0.15) is 6.29 Å². The first-order valence-electron chi connectivity index (χ1n) is 2.02. The Morgan fingerprint density at radius 2 is 1.57 bits per heavy atom. The monoisotopic (exact) mass is 94.1 g/mol. The number of hydrogen-bond donors (Lipinski definition) is 0. The van der Waals surface area contributed by atoms with Gasteiger partial charge in [0.05, 0.1) is 0 Å². The fraction of sp³-hybridized carbons (Fsp3) is 0.800. The molecule has 0 N–H and O–H groups in total. The van der Waals surface area contributed by atoms with Crippen molar-refractivity contribution in [3.05, 3.63) is 0 Å². The summed E-state index contributed by atoms with van der Waals surface area (Å²) in [5.41, 5.74) is -0.139. The fourth-order valence-electron chi connectivity index (χ4n) is 0. The quantitative estimate of drug-likeness (QED) is 0.259. The fourth-order valence-corrected chi connectivity index (χ4v) is 0. The van der Waals surface area contributed by atoms with E-state index in [0.717, 1.165) is 6.29 Å². The number of hydrogen-bond acceptors (Lipinski definition) is 1. The van der Waals surface area contributed by atoms with Gasteiger partial charge in [0.15, 0.2) is 0 Å². The van der Waals surface area contributed by atoms with Gasteiger partial charge in [0.2, 0.25) is 0 Å². The Balaban J connectivity index is -0.000000125. The van der Waals surface area contributed by atoms with Crippen molar-refractivity contribution >= 4 is 6.29 Å². The van der Waals surface area contributed by atoms with E-state index in [1.54, 1.807) is 0 Å². The molecular weight excluding hydrogens is 83.0 g/mol. The summed E-state index contributed by atoms with van der Waals surface area (Å²) >= 11 is 0. The molecule has 0 bridgehead atoms. The maximum atomic E-state index is 9.83. The molecule has 0 aromatic carbocycles. The first kappa shape index (κ1) is 10.3. The Bertz CT molecular complexity index is 57.9. The van der Waals surface area contributed by atoms with Crippen LogP contribution in [0, 0.1) is 5.41 Å². The van der Waals surface area contributed by atoms with E-state index in [1.807, 2.05) is 20.8 Å². The van der Waals surface area contributed by atoms with Crippen molar-refractivity contribution in [2.45, 2.75) is 20.8 Å². The molecule has 38 valence electrons. The summed E-state index contributed by atoms with van der Waals surface area (Å²) in [4.78, 5) is 9.83. The van der Waals surface area contributed by atoms with Crippen molar-refractivity contribution in [2.24, 2.45) is 5.41 Å². The van der Waals surface area contributed by atoms with Gasteiger partial charge in [-0.05, 0) is 0 Å². The smallest absolute Gasteiger partial charge is 1.00 e. The van der Waals surface area contributed by atoms with E-state index >= 15 is 0 Å². The third-order valence-electron chi connectivity index (χ3n) is 0.354. The van der Waals surface area contributed by atoms with E-state index in [0.29, 0.717) is 0 Å². The van der Waals surface area contributed by atoms with Crippen molar-refractivity contribution in [3.63, 3.8) is 0 Å². The first-order chi connectivity index (χ1) is 2.56. The molecule has 7 heavy (non-hydrogen) atoms. The van der Waals surface area contributed by atoms with Crippen molar-refractivity contribution in [1.82, 2.24) is 0 Å². The van der Waals surface area contributed by atoms with Gasteiger partial charge in [-0.3, -0.25) is 0 Å². The normalized spacial score (nSPS) is 9.57. The van der Waals surface area contributed by atoms with Gasteiger partial charge in [-0.15, -0.1) is 0 Å². The van der Waals surface area contributed by atoms with Gasteiger partial charge in [0, 0.05) is 5.41 Å². The predicted molar refractivity (Wildman–Crippen MR) is 26.6 cm³/mol. The van der Waals surface area contributed by atoms with Gasteiger partial charge in [-0.25, -0.2) is 0 Å². The maximum Gasteiger partial charge on any atom is 1.00 e. The standard InChI is InChI=1S/C5H10O.Li.H/c1-5(2,3)4-6;;/h4H,1-3H3;;/q;+1;-1. The molecule has 0 aromatic heterocycles. The molecule has 0 saturated carbocycles. The molecule has 0 aliphatic heterocycles. The molecule has 0 atom stereocenters. The molecular formula is C5H11LiO. The van der Waals surface area contributed by atoms with Crippen molar-refractivity contribution in [3.8, 4) is 0 Å². The topological polar surface area (TPSA) is 17.1 Å². The SMILES string of the molecule is CC(C)(C)C=O.[H-].[Li+]. The van der Waals surface area contributed by atoms with Crippen LogP contribution in [-0.2, 0) is 4.79 Å². The second-order valence-electron chi connectivity index (χ2n) is 2.48. The van der Waals surface area contributed by atoms with E-state index < -0.39 is 0 Å². The number of rotatable bonds is 0. The molecule has 0 saturated heterocycles. The van der Waals surface area contributed by atoms with Gasteiger partial charge in [-0.2, -0.15) is 0 Å². The van der Waals surface area contributed by atoms with E-state index in [-0.39, 0.29) is 25.7 Å². The molecule has 0 spiro atoms. The first-order valence-corrected chi connectivity index (χ1v) is 2.02. The van der Waals surface area contributed by atoms with Gasteiger partial charge < -0.3 is 6.22 Å². The maximum absolute atomic E-state index is 9.83. The Morgan fingerprint density at radius 3 is 1.57 bits per heavy atom. The molecule has 0 fully saturated rings. The van der Waals surface area contributed by atoms with Crippen LogP contribution in [0.1, 0.15) is 22.2 Å². The number of aldehydes is 1. The Kier molecular flexibility index (Phi) is 4.84. The minimum atomic E-state index is -0.139.